The van der Waals surface area contributed by atoms with E-state index in [1.165, 1.54) is 6.07 Å². The van der Waals surface area contributed by atoms with Gasteiger partial charge in [0, 0.05) is 5.56 Å². The van der Waals surface area contributed by atoms with Gasteiger partial charge in [0.05, 0.1) is 5.56 Å². The number of hydrogen-bond donors (Lipinski definition) is 1. The molecule has 0 aromatic heterocycles. The van der Waals surface area contributed by atoms with Gasteiger partial charge in [0.2, 0.25) is 0 Å². The van der Waals surface area contributed by atoms with Crippen molar-refractivity contribution in [3.63, 3.8) is 0 Å². The molecule has 29 heavy (non-hydrogen) atoms. The van der Waals surface area contributed by atoms with Crippen LogP contribution in [0.2, 0.25) is 0 Å². The molecule has 0 aliphatic carbocycles. The predicted octanol–water partition coefficient (Wildman–Crippen LogP) is 4.59. The van der Waals surface area contributed by atoms with Crippen LogP contribution in [0.25, 0.3) is 0 Å². The van der Waals surface area contributed by atoms with Crippen LogP contribution in [-0.4, -0.2) is 26.2 Å². The Labute approximate surface area is 158 Å². The molecule has 0 saturated carbocycles. The van der Waals surface area contributed by atoms with Gasteiger partial charge in [-0.15, -0.1) is 0 Å². The van der Waals surface area contributed by atoms with Crippen LogP contribution < -0.4 is 4.83 Å². The molecule has 0 heterocycles. The summed E-state index contributed by atoms with van der Waals surface area (Å²) >= 11 is 0. The summed E-state index contributed by atoms with van der Waals surface area (Å²) in [6.45, 7) is 0. The predicted molar refractivity (Wildman–Crippen MR) is 85.7 cm³/mol. The molecule has 2 aromatic rings. The first-order valence-electron chi connectivity index (χ1n) is 7.44. The number of alkyl halides is 8. The van der Waals surface area contributed by atoms with E-state index in [-0.39, 0.29) is 0 Å². The second-order valence-corrected chi connectivity index (χ2v) is 7.12. The molecule has 0 aliphatic heterocycles. The van der Waals surface area contributed by atoms with Gasteiger partial charge in [0.1, 0.15) is 10.6 Å². The second-order valence-electron chi connectivity index (χ2n) is 5.49. The maximum atomic E-state index is 13.9. The van der Waals surface area contributed by atoms with E-state index < -0.39 is 50.0 Å². The molecule has 0 radical (unpaired) electrons. The van der Waals surface area contributed by atoms with E-state index in [1.807, 2.05) is 0 Å². The minimum Gasteiger partial charge on any atom is -0.200 e. The van der Waals surface area contributed by atoms with Gasteiger partial charge in [-0.3, -0.25) is 0 Å². The summed E-state index contributed by atoms with van der Waals surface area (Å²) in [5, 5.41) is 2.64. The molecule has 0 bridgehead atoms. The van der Waals surface area contributed by atoms with Crippen molar-refractivity contribution in [2.24, 2.45) is 5.10 Å². The first kappa shape index (κ1) is 22.6. The highest BCUT2D eigenvalue weighted by Gasteiger charge is 2.61. The molecule has 0 saturated heterocycles. The third-order valence-corrected chi connectivity index (χ3v) is 4.73. The van der Waals surface area contributed by atoms with Gasteiger partial charge >= 0.3 is 18.3 Å². The third-order valence-electron chi connectivity index (χ3n) is 3.46. The van der Waals surface area contributed by atoms with Gasteiger partial charge < -0.3 is 0 Å². The third kappa shape index (κ3) is 4.83. The molecule has 0 amide bonds. The van der Waals surface area contributed by atoms with Crippen LogP contribution in [0, 0.1) is 0 Å². The average molecular weight is 446 g/mol. The zero-order chi connectivity index (χ0) is 22.1. The van der Waals surface area contributed by atoms with E-state index in [4.69, 9.17) is 0 Å². The van der Waals surface area contributed by atoms with E-state index in [1.54, 1.807) is 0 Å². The smallest absolute Gasteiger partial charge is 0.200 e. The molecule has 0 fully saturated rings. The van der Waals surface area contributed by atoms with Gasteiger partial charge in [-0.05, 0) is 12.1 Å². The fraction of sp³-hybridized carbons (Fsp3) is 0.188. The highest BCUT2D eigenvalue weighted by atomic mass is 32.2. The van der Waals surface area contributed by atoms with Gasteiger partial charge in [-0.1, -0.05) is 42.5 Å². The Balaban J connectivity index is 2.58. The van der Waals surface area contributed by atoms with Crippen molar-refractivity contribution in [1.29, 1.82) is 0 Å². The molecule has 1 N–H and O–H groups in total. The van der Waals surface area contributed by atoms with Crippen molar-refractivity contribution in [3.8, 4) is 0 Å². The van der Waals surface area contributed by atoms with Crippen molar-refractivity contribution in [3.05, 3.63) is 65.7 Å². The fourth-order valence-electron chi connectivity index (χ4n) is 2.14. The Morgan fingerprint density at radius 2 is 1.31 bits per heavy atom. The van der Waals surface area contributed by atoms with Crippen LogP contribution in [0.1, 0.15) is 11.1 Å². The van der Waals surface area contributed by atoms with Crippen LogP contribution in [0.4, 0.5) is 35.1 Å². The number of hydrazone groups is 1. The molecule has 0 spiro atoms. The minimum atomic E-state index is -6.14. The summed E-state index contributed by atoms with van der Waals surface area (Å²) in [5.74, 6) is -5.60. The van der Waals surface area contributed by atoms with E-state index in [2.05, 4.69) is 5.10 Å². The van der Waals surface area contributed by atoms with Crippen LogP contribution in [-0.2, 0) is 16.2 Å². The SMILES string of the molecule is O=S(=O)(N/N=C(\c1ccccc1)C(F)(F)C(F)(F)F)c1ccccc1C(F)(F)F. The van der Waals surface area contributed by atoms with E-state index in [0.29, 0.717) is 12.1 Å². The van der Waals surface area contributed by atoms with Crippen LogP contribution in [0.3, 0.4) is 0 Å². The summed E-state index contributed by atoms with van der Waals surface area (Å²) in [6, 6.07) is 7.76. The standard InChI is InChI=1S/C16H10F8N2O2S/c17-14(18,16(22,23)24)13(10-6-2-1-3-7-10)25-26-29(27,28)12-9-5-4-8-11(12)15(19,20)21/h1-9,26H/b25-13+. The largest absolute Gasteiger partial charge is 0.459 e. The minimum absolute atomic E-state index is 0.403. The molecule has 0 atom stereocenters. The Bertz CT molecular complexity index is 1000. The molecule has 4 nitrogen and oxygen atoms in total. The Kier molecular flexibility index (Phi) is 5.93. The summed E-state index contributed by atoms with van der Waals surface area (Å²) in [6.07, 6.45) is -11.3. The highest BCUT2D eigenvalue weighted by Crippen LogP contribution is 2.39. The highest BCUT2D eigenvalue weighted by molar-refractivity contribution is 7.89. The average Bonchev–Trinajstić information content (AvgIpc) is 2.61. The lowest BCUT2D eigenvalue weighted by Gasteiger charge is -2.22. The van der Waals surface area contributed by atoms with E-state index >= 15 is 0 Å². The molecule has 2 aromatic carbocycles. The van der Waals surface area contributed by atoms with Crippen LogP contribution in [0.5, 0.6) is 0 Å². The first-order valence-corrected chi connectivity index (χ1v) is 8.92. The molecular formula is C16H10F8N2O2S. The summed E-state index contributed by atoms with van der Waals surface area (Å²) in [5.41, 5.74) is -4.47. The summed E-state index contributed by atoms with van der Waals surface area (Å²) in [4.78, 5) is -0.345. The lowest BCUT2D eigenvalue weighted by atomic mass is 10.0. The number of halogens is 8. The Morgan fingerprint density at radius 1 is 0.793 bits per heavy atom. The zero-order valence-electron chi connectivity index (χ0n) is 13.9. The Morgan fingerprint density at radius 3 is 1.83 bits per heavy atom. The van der Waals surface area contributed by atoms with Crippen LogP contribution >= 0.6 is 0 Å². The topological polar surface area (TPSA) is 58.5 Å². The van der Waals surface area contributed by atoms with Crippen molar-refractivity contribution in [2.75, 3.05) is 0 Å². The quantitative estimate of drug-likeness (QED) is 0.415. The number of benzene rings is 2. The second kappa shape index (κ2) is 7.61. The number of sulfonamides is 1. The molecule has 2 rings (SSSR count). The van der Waals surface area contributed by atoms with Crippen molar-refractivity contribution >= 4 is 15.7 Å². The number of nitrogens with one attached hydrogen (secondary N) is 1. The molecule has 13 heteroatoms. The van der Waals surface area contributed by atoms with Gasteiger partial charge in [-0.25, -0.2) is 0 Å². The van der Waals surface area contributed by atoms with E-state index in [9.17, 15) is 43.5 Å². The zero-order valence-corrected chi connectivity index (χ0v) is 14.7. The fourth-order valence-corrected chi connectivity index (χ4v) is 3.18. The van der Waals surface area contributed by atoms with Crippen LogP contribution in [0.15, 0.2) is 64.6 Å². The van der Waals surface area contributed by atoms with Crippen molar-refractivity contribution in [2.45, 2.75) is 23.2 Å². The van der Waals surface area contributed by atoms with Gasteiger partial charge in [0.25, 0.3) is 10.0 Å². The molecular weight excluding hydrogens is 436 g/mol. The maximum absolute atomic E-state index is 13.9. The van der Waals surface area contributed by atoms with Gasteiger partial charge in [-0.2, -0.15) is 53.5 Å². The van der Waals surface area contributed by atoms with E-state index in [0.717, 1.165) is 41.2 Å². The monoisotopic (exact) mass is 446 g/mol. The summed E-state index contributed by atoms with van der Waals surface area (Å²) in [7, 11) is -5.24. The molecule has 0 unspecified atom stereocenters. The Hall–Kier alpha value is -2.70. The maximum Gasteiger partial charge on any atom is 0.459 e. The molecule has 0 aliphatic rings. The first-order chi connectivity index (χ1) is 13.2. The van der Waals surface area contributed by atoms with Crippen molar-refractivity contribution in [1.82, 2.24) is 4.83 Å². The number of nitrogens with zero attached hydrogens (tertiary/aromatic N) is 1. The lowest BCUT2D eigenvalue weighted by molar-refractivity contribution is -0.249. The number of hydrogen-bond acceptors (Lipinski definition) is 3. The number of rotatable bonds is 5. The van der Waals surface area contributed by atoms with Gasteiger partial charge in [0.15, 0.2) is 0 Å². The lowest BCUT2D eigenvalue weighted by Crippen LogP contribution is -2.45. The normalized spacial score (nSPS) is 14.0. The van der Waals surface area contributed by atoms with Crippen molar-refractivity contribution < 1.29 is 43.5 Å². The summed E-state index contributed by atoms with van der Waals surface area (Å²) < 4.78 is 129. The molecule has 158 valence electrons.